The minimum Gasteiger partial charge on any atom is -0.481 e. The Balaban J connectivity index is 0. The zero-order chi connectivity index (χ0) is 17.1. The van der Waals surface area contributed by atoms with Crippen molar-refractivity contribution in [2.24, 2.45) is 0 Å². The zero-order valence-corrected chi connectivity index (χ0v) is 14.6. The Morgan fingerprint density at radius 3 is 2.24 bits per heavy atom. The van der Waals surface area contributed by atoms with Crippen molar-refractivity contribution in [1.29, 1.82) is 0 Å². The van der Waals surface area contributed by atoms with Crippen LogP contribution in [0.15, 0.2) is 5.38 Å². The second-order valence-corrected chi connectivity index (χ2v) is 5.20. The van der Waals surface area contributed by atoms with Crippen molar-refractivity contribution in [3.05, 3.63) is 11.1 Å². The van der Waals surface area contributed by atoms with Gasteiger partial charge in [-0.3, -0.25) is 10.1 Å². The Morgan fingerprint density at radius 1 is 1.29 bits per heavy atom. The summed E-state index contributed by atoms with van der Waals surface area (Å²) < 4.78 is 5.03. The molecule has 0 atom stereocenters. The summed E-state index contributed by atoms with van der Waals surface area (Å²) in [5.74, 6) is -0.959. The minimum absolute atomic E-state index is 0.160. The molecule has 1 amide bonds. The molecule has 0 saturated heterocycles. The standard InChI is InChI=1S/C10H14N2O4S.2C2H6/c1-10(2,3)16-9(15)12-8-11-6(5-17-8)4-7(13)14;2*1-2/h5H,4H2,1-3H3,(H,13,14)(H,11,12,15);2*1-2H3. The summed E-state index contributed by atoms with van der Waals surface area (Å²) in [5.41, 5.74) is -0.167. The highest BCUT2D eigenvalue weighted by molar-refractivity contribution is 7.13. The van der Waals surface area contributed by atoms with Crippen molar-refractivity contribution < 1.29 is 19.4 Å². The number of ether oxygens (including phenoxy) is 1. The number of aliphatic carboxylic acids is 1. The van der Waals surface area contributed by atoms with E-state index in [1.165, 1.54) is 0 Å². The van der Waals surface area contributed by atoms with Crippen LogP contribution in [-0.4, -0.2) is 27.8 Å². The van der Waals surface area contributed by atoms with E-state index in [4.69, 9.17) is 9.84 Å². The van der Waals surface area contributed by atoms with Gasteiger partial charge in [0.15, 0.2) is 5.13 Å². The van der Waals surface area contributed by atoms with Gasteiger partial charge in [-0.15, -0.1) is 11.3 Å². The van der Waals surface area contributed by atoms with Gasteiger partial charge < -0.3 is 9.84 Å². The van der Waals surface area contributed by atoms with Gasteiger partial charge in [0, 0.05) is 5.38 Å². The predicted octanol–water partition coefficient (Wildman–Crippen LogP) is 4.17. The number of hydrogen-bond acceptors (Lipinski definition) is 5. The number of anilines is 1. The first-order chi connectivity index (χ1) is 9.76. The fourth-order valence-electron chi connectivity index (χ4n) is 0.991. The minimum atomic E-state index is -0.959. The van der Waals surface area contributed by atoms with Gasteiger partial charge in [-0.2, -0.15) is 0 Å². The molecule has 0 saturated carbocycles. The van der Waals surface area contributed by atoms with Gasteiger partial charge in [0.1, 0.15) is 5.60 Å². The normalized spacial score (nSPS) is 9.48. The lowest BCUT2D eigenvalue weighted by Gasteiger charge is -2.18. The first-order valence-corrected chi connectivity index (χ1v) is 7.80. The highest BCUT2D eigenvalue weighted by Crippen LogP contribution is 2.17. The number of hydrogen-bond donors (Lipinski definition) is 2. The van der Waals surface area contributed by atoms with E-state index < -0.39 is 17.7 Å². The quantitative estimate of drug-likeness (QED) is 0.873. The number of nitrogens with one attached hydrogen (secondary N) is 1. The lowest BCUT2D eigenvalue weighted by Crippen LogP contribution is -2.27. The number of thiazole rings is 1. The first-order valence-electron chi connectivity index (χ1n) is 6.92. The number of amides is 1. The molecule has 0 aliphatic heterocycles. The molecule has 0 aromatic carbocycles. The lowest BCUT2D eigenvalue weighted by molar-refractivity contribution is -0.136. The summed E-state index contributed by atoms with van der Waals surface area (Å²) in [6.45, 7) is 13.3. The molecule has 0 spiro atoms. The topological polar surface area (TPSA) is 88.5 Å². The molecule has 1 aromatic heterocycles. The number of rotatable bonds is 3. The zero-order valence-electron chi connectivity index (χ0n) is 13.8. The van der Waals surface area contributed by atoms with E-state index in [-0.39, 0.29) is 6.42 Å². The molecule has 0 unspecified atom stereocenters. The third-order valence-electron chi connectivity index (χ3n) is 1.49. The fraction of sp³-hybridized carbons (Fsp3) is 0.643. The Morgan fingerprint density at radius 2 is 1.81 bits per heavy atom. The van der Waals surface area contributed by atoms with Crippen LogP contribution >= 0.6 is 11.3 Å². The van der Waals surface area contributed by atoms with Crippen LogP contribution in [0.4, 0.5) is 9.93 Å². The van der Waals surface area contributed by atoms with Crippen molar-refractivity contribution in [2.75, 3.05) is 5.32 Å². The largest absolute Gasteiger partial charge is 0.481 e. The van der Waals surface area contributed by atoms with Crippen molar-refractivity contribution in [1.82, 2.24) is 4.98 Å². The fourth-order valence-corrected chi connectivity index (χ4v) is 1.69. The van der Waals surface area contributed by atoms with E-state index >= 15 is 0 Å². The molecule has 0 bridgehead atoms. The molecule has 1 aromatic rings. The van der Waals surface area contributed by atoms with Crippen LogP contribution < -0.4 is 5.32 Å². The molecule has 0 fully saturated rings. The SMILES string of the molecule is CC.CC.CC(C)(C)OC(=O)Nc1nc(CC(=O)O)cs1. The van der Waals surface area contributed by atoms with Gasteiger partial charge in [-0.05, 0) is 20.8 Å². The molecule has 0 aliphatic rings. The van der Waals surface area contributed by atoms with Crippen LogP contribution in [0.2, 0.25) is 0 Å². The van der Waals surface area contributed by atoms with Gasteiger partial charge in [0.05, 0.1) is 12.1 Å². The van der Waals surface area contributed by atoms with Crippen LogP contribution in [0, 0.1) is 0 Å². The third-order valence-corrected chi connectivity index (χ3v) is 2.30. The van der Waals surface area contributed by atoms with Crippen LogP contribution in [0.25, 0.3) is 0 Å². The maximum absolute atomic E-state index is 11.4. The van der Waals surface area contributed by atoms with Crippen molar-refractivity contribution in [3.8, 4) is 0 Å². The van der Waals surface area contributed by atoms with Gasteiger partial charge in [0.25, 0.3) is 0 Å². The molecular weight excluding hydrogens is 292 g/mol. The monoisotopic (exact) mass is 318 g/mol. The summed E-state index contributed by atoms with van der Waals surface area (Å²) in [6.07, 6.45) is -0.763. The van der Waals surface area contributed by atoms with Crippen LogP contribution in [0.3, 0.4) is 0 Å². The third kappa shape index (κ3) is 11.9. The molecule has 7 heteroatoms. The highest BCUT2D eigenvalue weighted by atomic mass is 32.1. The number of carboxylic acid groups (broad SMARTS) is 1. The van der Waals surface area contributed by atoms with E-state index in [9.17, 15) is 9.59 Å². The summed E-state index contributed by atoms with van der Waals surface area (Å²) in [5, 5.41) is 12.9. The van der Waals surface area contributed by atoms with Gasteiger partial charge in [0.2, 0.25) is 0 Å². The molecule has 0 aliphatic carbocycles. The summed E-state index contributed by atoms with van der Waals surface area (Å²) in [7, 11) is 0. The second-order valence-electron chi connectivity index (χ2n) is 4.34. The lowest BCUT2D eigenvalue weighted by atomic mass is 10.2. The maximum atomic E-state index is 11.4. The number of nitrogens with zero attached hydrogens (tertiary/aromatic N) is 1. The van der Waals surface area contributed by atoms with Gasteiger partial charge in [-0.25, -0.2) is 9.78 Å². The van der Waals surface area contributed by atoms with Gasteiger partial charge in [-0.1, -0.05) is 27.7 Å². The van der Waals surface area contributed by atoms with E-state index in [1.807, 2.05) is 27.7 Å². The number of carbonyl (C=O) groups excluding carboxylic acids is 1. The summed E-state index contributed by atoms with van der Waals surface area (Å²) in [6, 6.07) is 0. The summed E-state index contributed by atoms with van der Waals surface area (Å²) >= 11 is 1.16. The molecule has 0 radical (unpaired) electrons. The average Bonchev–Trinajstić information content (AvgIpc) is 2.78. The van der Waals surface area contributed by atoms with Crippen LogP contribution in [-0.2, 0) is 16.0 Å². The Bertz CT molecular complexity index is 425. The second kappa shape index (κ2) is 11.1. The Labute approximate surface area is 130 Å². The van der Waals surface area contributed by atoms with Crippen molar-refractivity contribution in [2.45, 2.75) is 60.5 Å². The number of aromatic nitrogens is 1. The average molecular weight is 318 g/mol. The molecule has 1 heterocycles. The molecule has 1 rings (SSSR count). The molecule has 122 valence electrons. The predicted molar refractivity (Wildman–Crippen MR) is 86.0 cm³/mol. The van der Waals surface area contributed by atoms with Gasteiger partial charge >= 0.3 is 12.1 Å². The summed E-state index contributed by atoms with van der Waals surface area (Å²) in [4.78, 5) is 25.8. The smallest absolute Gasteiger partial charge is 0.413 e. The number of carbonyl (C=O) groups is 2. The Hall–Kier alpha value is -1.63. The van der Waals surface area contributed by atoms with Crippen LogP contribution in [0.5, 0.6) is 0 Å². The molecule has 2 N–H and O–H groups in total. The van der Waals surface area contributed by atoms with Crippen molar-refractivity contribution >= 4 is 28.5 Å². The maximum Gasteiger partial charge on any atom is 0.413 e. The van der Waals surface area contributed by atoms with E-state index in [0.717, 1.165) is 11.3 Å². The first kappa shape index (κ1) is 21.7. The molecule has 21 heavy (non-hydrogen) atoms. The van der Waals surface area contributed by atoms with Crippen LogP contribution in [0.1, 0.15) is 54.2 Å². The highest BCUT2D eigenvalue weighted by Gasteiger charge is 2.17. The number of carboxylic acids is 1. The molecule has 6 nitrogen and oxygen atoms in total. The van der Waals surface area contributed by atoms with E-state index in [1.54, 1.807) is 26.2 Å². The van der Waals surface area contributed by atoms with Crippen molar-refractivity contribution in [3.63, 3.8) is 0 Å². The Kier molecular flexibility index (Phi) is 11.4. The van der Waals surface area contributed by atoms with E-state index in [2.05, 4.69) is 10.3 Å². The van der Waals surface area contributed by atoms with E-state index in [0.29, 0.717) is 10.8 Å². The molecular formula is C14H26N2O4S.